The third-order valence-electron chi connectivity index (χ3n) is 1.86. The van der Waals surface area contributed by atoms with Crippen molar-refractivity contribution in [3.8, 4) is 0 Å². The SMILES string of the molecule is Cc1cc(C)c(S(=O)(=O)O)c(C)c1.[CaH2]. The third-order valence-corrected chi connectivity index (χ3v) is 3.02. The van der Waals surface area contributed by atoms with Crippen LogP contribution in [0.5, 0.6) is 0 Å². The Morgan fingerprint density at radius 3 is 1.71 bits per heavy atom. The van der Waals surface area contributed by atoms with Gasteiger partial charge < -0.3 is 0 Å². The minimum atomic E-state index is -4.08. The zero-order valence-corrected chi connectivity index (χ0v) is 8.64. The summed E-state index contributed by atoms with van der Waals surface area (Å²) in [5, 5.41) is 0. The summed E-state index contributed by atoms with van der Waals surface area (Å²) >= 11 is 0. The van der Waals surface area contributed by atoms with Crippen molar-refractivity contribution in [1.29, 1.82) is 0 Å². The molecular weight excluding hydrogens is 228 g/mol. The van der Waals surface area contributed by atoms with Gasteiger partial charge in [-0.1, -0.05) is 17.7 Å². The van der Waals surface area contributed by atoms with Gasteiger partial charge in [-0.3, -0.25) is 4.55 Å². The molecule has 1 aromatic rings. The van der Waals surface area contributed by atoms with Crippen molar-refractivity contribution in [3.63, 3.8) is 0 Å². The van der Waals surface area contributed by atoms with Gasteiger partial charge in [0.2, 0.25) is 0 Å². The number of aryl methyl sites for hydroxylation is 3. The van der Waals surface area contributed by atoms with Gasteiger partial charge in [0.25, 0.3) is 10.1 Å². The number of hydrogen-bond acceptors (Lipinski definition) is 2. The van der Waals surface area contributed by atoms with Crippen LogP contribution in [0, 0.1) is 20.8 Å². The van der Waals surface area contributed by atoms with Gasteiger partial charge in [0.05, 0.1) is 4.90 Å². The molecule has 1 N–H and O–H groups in total. The summed E-state index contributed by atoms with van der Waals surface area (Å²) in [5.41, 5.74) is 2.16. The van der Waals surface area contributed by atoms with Gasteiger partial charge in [-0.2, -0.15) is 8.42 Å². The molecular formula is C9H14CaO3S. The summed E-state index contributed by atoms with van der Waals surface area (Å²) in [4.78, 5) is 0.0260. The van der Waals surface area contributed by atoms with Crippen LogP contribution >= 0.6 is 0 Å². The summed E-state index contributed by atoms with van der Waals surface area (Å²) in [6, 6.07) is 3.46. The molecule has 76 valence electrons. The van der Waals surface area contributed by atoms with E-state index in [2.05, 4.69) is 0 Å². The Morgan fingerprint density at radius 2 is 1.43 bits per heavy atom. The molecule has 0 heterocycles. The van der Waals surface area contributed by atoms with Crippen LogP contribution in [0.1, 0.15) is 16.7 Å². The Labute approximate surface area is 114 Å². The molecule has 0 saturated heterocycles. The standard InChI is InChI=1S/C9H12O3S.Ca.2H/c1-6-4-7(2)9(8(3)5-6)13(10,11)12;;;/h4-5H,1-3H3,(H,10,11,12);;;. The Hall–Kier alpha value is 0.390. The topological polar surface area (TPSA) is 54.4 Å². The van der Waals surface area contributed by atoms with E-state index in [1.165, 1.54) is 0 Å². The summed E-state index contributed by atoms with van der Waals surface area (Å²) in [6.45, 7) is 5.22. The van der Waals surface area contributed by atoms with E-state index in [1.807, 2.05) is 6.92 Å². The molecule has 0 unspecified atom stereocenters. The molecule has 1 aromatic carbocycles. The fraction of sp³-hybridized carbons (Fsp3) is 0.333. The molecule has 0 aliphatic rings. The quantitative estimate of drug-likeness (QED) is 0.589. The average Bonchev–Trinajstić information content (AvgIpc) is 1.78. The molecule has 1 rings (SSSR count). The van der Waals surface area contributed by atoms with Gasteiger partial charge in [0.1, 0.15) is 0 Å². The zero-order chi connectivity index (χ0) is 10.2. The Morgan fingerprint density at radius 1 is 1.07 bits per heavy atom. The van der Waals surface area contributed by atoms with Crippen LogP contribution in [0.2, 0.25) is 0 Å². The first-order valence-electron chi connectivity index (χ1n) is 3.87. The predicted octanol–water partition coefficient (Wildman–Crippen LogP) is 0.942. The Bertz CT molecular complexity index is 414. The molecule has 3 nitrogen and oxygen atoms in total. The second-order valence-electron chi connectivity index (χ2n) is 3.20. The van der Waals surface area contributed by atoms with E-state index in [4.69, 9.17) is 4.55 Å². The molecule has 14 heavy (non-hydrogen) atoms. The maximum atomic E-state index is 10.9. The van der Waals surface area contributed by atoms with E-state index in [0.717, 1.165) is 5.56 Å². The van der Waals surface area contributed by atoms with Crippen molar-refractivity contribution < 1.29 is 13.0 Å². The van der Waals surface area contributed by atoms with Crippen LogP contribution in [0.3, 0.4) is 0 Å². The van der Waals surface area contributed by atoms with E-state index in [9.17, 15) is 8.42 Å². The third kappa shape index (κ3) is 3.21. The predicted molar refractivity (Wildman–Crippen MR) is 59.0 cm³/mol. The molecule has 0 aliphatic carbocycles. The van der Waals surface area contributed by atoms with E-state index < -0.39 is 10.1 Å². The number of rotatable bonds is 1. The van der Waals surface area contributed by atoms with Crippen LogP contribution < -0.4 is 0 Å². The van der Waals surface area contributed by atoms with Crippen LogP contribution in [-0.2, 0) is 10.1 Å². The summed E-state index contributed by atoms with van der Waals surface area (Å²) < 4.78 is 30.8. The number of benzene rings is 1. The fourth-order valence-corrected chi connectivity index (χ4v) is 2.51. The van der Waals surface area contributed by atoms with Crippen molar-refractivity contribution in [2.24, 2.45) is 0 Å². The maximum absolute atomic E-state index is 10.9. The van der Waals surface area contributed by atoms with Crippen molar-refractivity contribution in [1.82, 2.24) is 0 Å². The molecule has 0 atom stereocenters. The Balaban J connectivity index is 0.00000169. The van der Waals surface area contributed by atoms with Crippen LogP contribution in [-0.4, -0.2) is 50.7 Å². The monoisotopic (exact) mass is 242 g/mol. The van der Waals surface area contributed by atoms with Crippen LogP contribution in [0.4, 0.5) is 0 Å². The summed E-state index contributed by atoms with van der Waals surface area (Å²) in [5.74, 6) is 0. The molecule has 0 bridgehead atoms. The van der Waals surface area contributed by atoms with Gasteiger partial charge in [-0.15, -0.1) is 0 Å². The molecule has 0 amide bonds. The first-order chi connectivity index (χ1) is 5.82. The Kier molecular flexibility index (Phi) is 5.08. The summed E-state index contributed by atoms with van der Waals surface area (Å²) in [7, 11) is -4.08. The number of hydrogen-bond donors (Lipinski definition) is 1. The van der Waals surface area contributed by atoms with Gasteiger partial charge in [0.15, 0.2) is 0 Å². The van der Waals surface area contributed by atoms with E-state index in [0.29, 0.717) is 11.1 Å². The van der Waals surface area contributed by atoms with Crippen LogP contribution in [0.25, 0.3) is 0 Å². The average molecular weight is 242 g/mol. The first-order valence-corrected chi connectivity index (χ1v) is 5.31. The van der Waals surface area contributed by atoms with E-state index >= 15 is 0 Å². The van der Waals surface area contributed by atoms with Crippen molar-refractivity contribution in [2.75, 3.05) is 0 Å². The van der Waals surface area contributed by atoms with Gasteiger partial charge in [0, 0.05) is 0 Å². The van der Waals surface area contributed by atoms with Crippen molar-refractivity contribution in [3.05, 3.63) is 28.8 Å². The zero-order valence-electron chi connectivity index (χ0n) is 7.83. The van der Waals surface area contributed by atoms with E-state index in [1.54, 1.807) is 26.0 Å². The minimum absolute atomic E-state index is 0. The molecule has 0 radical (unpaired) electrons. The van der Waals surface area contributed by atoms with Crippen LogP contribution in [0.15, 0.2) is 17.0 Å². The second-order valence-corrected chi connectivity index (χ2v) is 4.56. The fourth-order valence-electron chi connectivity index (χ4n) is 1.57. The molecule has 0 fully saturated rings. The van der Waals surface area contributed by atoms with Gasteiger partial charge in [-0.25, -0.2) is 0 Å². The van der Waals surface area contributed by atoms with Gasteiger partial charge in [-0.05, 0) is 31.9 Å². The van der Waals surface area contributed by atoms with E-state index in [-0.39, 0.29) is 42.6 Å². The molecule has 0 aromatic heterocycles. The summed E-state index contributed by atoms with van der Waals surface area (Å²) in [6.07, 6.45) is 0. The molecule has 0 aliphatic heterocycles. The van der Waals surface area contributed by atoms with Crippen molar-refractivity contribution >= 4 is 47.9 Å². The van der Waals surface area contributed by atoms with Gasteiger partial charge >= 0.3 is 37.7 Å². The normalized spacial score (nSPS) is 10.9. The molecule has 0 spiro atoms. The molecule has 5 heteroatoms. The second kappa shape index (κ2) is 4.94. The first kappa shape index (κ1) is 14.4. The van der Waals surface area contributed by atoms with Crippen molar-refractivity contribution in [2.45, 2.75) is 25.7 Å². The molecule has 0 saturated carbocycles.